The van der Waals surface area contributed by atoms with Crippen molar-refractivity contribution in [1.29, 1.82) is 0 Å². The van der Waals surface area contributed by atoms with Gasteiger partial charge in [-0.05, 0) is 44.5 Å². The van der Waals surface area contributed by atoms with E-state index in [1.54, 1.807) is 31.2 Å². The maximum atomic E-state index is 12.5. The van der Waals surface area contributed by atoms with Gasteiger partial charge in [-0.2, -0.15) is 0 Å². The average molecular weight is 390 g/mol. The van der Waals surface area contributed by atoms with Gasteiger partial charge in [0.05, 0.1) is 23.4 Å². The number of esters is 1. The van der Waals surface area contributed by atoms with E-state index in [4.69, 9.17) is 4.74 Å². The van der Waals surface area contributed by atoms with Crippen LogP contribution in [0.3, 0.4) is 0 Å². The molecule has 1 aromatic heterocycles. The number of amides is 1. The van der Waals surface area contributed by atoms with Crippen LogP contribution in [0.5, 0.6) is 0 Å². The molecule has 0 saturated heterocycles. The molecule has 0 aliphatic heterocycles. The Morgan fingerprint density at radius 1 is 1.00 bits per heavy atom. The Kier molecular flexibility index (Phi) is 6.19. The van der Waals surface area contributed by atoms with Gasteiger partial charge in [0.15, 0.2) is 0 Å². The molecule has 7 nitrogen and oxygen atoms in total. The minimum absolute atomic E-state index is 0.268. The molecular formula is C22H22N4O3. The lowest BCUT2D eigenvalue weighted by molar-refractivity contribution is 0.0527. The van der Waals surface area contributed by atoms with Crippen LogP contribution in [0.15, 0.2) is 54.9 Å². The molecule has 0 aliphatic rings. The monoisotopic (exact) mass is 390 g/mol. The summed E-state index contributed by atoms with van der Waals surface area (Å²) in [4.78, 5) is 32.9. The van der Waals surface area contributed by atoms with E-state index in [1.807, 2.05) is 32.0 Å². The zero-order valence-electron chi connectivity index (χ0n) is 16.5. The van der Waals surface area contributed by atoms with Crippen LogP contribution in [0, 0.1) is 13.8 Å². The molecule has 0 aliphatic carbocycles. The van der Waals surface area contributed by atoms with Crippen LogP contribution in [-0.4, -0.2) is 28.5 Å². The number of hydrogen-bond donors (Lipinski definition) is 2. The number of hydrogen-bond acceptors (Lipinski definition) is 6. The molecule has 2 aromatic carbocycles. The first-order valence-electron chi connectivity index (χ1n) is 9.21. The molecule has 29 heavy (non-hydrogen) atoms. The van der Waals surface area contributed by atoms with Gasteiger partial charge in [0.1, 0.15) is 0 Å². The number of nitrogens with one attached hydrogen (secondary N) is 2. The Bertz CT molecular complexity index is 1030. The summed E-state index contributed by atoms with van der Waals surface area (Å²) in [5.74, 6) is -0.458. The second-order valence-corrected chi connectivity index (χ2v) is 6.46. The van der Waals surface area contributed by atoms with Crippen LogP contribution < -0.4 is 10.6 Å². The van der Waals surface area contributed by atoms with Gasteiger partial charge in [-0.1, -0.05) is 29.8 Å². The summed E-state index contributed by atoms with van der Waals surface area (Å²) in [5, 5.41) is 5.85. The van der Waals surface area contributed by atoms with Crippen LogP contribution in [-0.2, 0) is 4.74 Å². The van der Waals surface area contributed by atoms with Crippen molar-refractivity contribution in [3.05, 3.63) is 77.1 Å². The topological polar surface area (TPSA) is 93.2 Å². The van der Waals surface area contributed by atoms with Crippen LogP contribution >= 0.6 is 0 Å². The third-order valence-corrected chi connectivity index (χ3v) is 4.21. The fraction of sp³-hybridized carbons (Fsp3) is 0.182. The zero-order valence-corrected chi connectivity index (χ0v) is 16.5. The first kappa shape index (κ1) is 20.0. The van der Waals surface area contributed by atoms with Gasteiger partial charge in [-0.25, -0.2) is 14.8 Å². The average Bonchev–Trinajstić information content (AvgIpc) is 2.71. The fourth-order valence-electron chi connectivity index (χ4n) is 2.76. The van der Waals surface area contributed by atoms with E-state index >= 15 is 0 Å². The molecule has 148 valence electrons. The Balaban J connectivity index is 1.72. The van der Waals surface area contributed by atoms with Crippen molar-refractivity contribution in [3.63, 3.8) is 0 Å². The molecule has 0 atom stereocenters. The second kappa shape index (κ2) is 8.97. The van der Waals surface area contributed by atoms with Crippen LogP contribution in [0.25, 0.3) is 0 Å². The Morgan fingerprint density at radius 3 is 2.41 bits per heavy atom. The van der Waals surface area contributed by atoms with E-state index < -0.39 is 5.97 Å². The highest BCUT2D eigenvalue weighted by Crippen LogP contribution is 2.20. The lowest BCUT2D eigenvalue weighted by Gasteiger charge is -2.11. The summed E-state index contributed by atoms with van der Waals surface area (Å²) >= 11 is 0. The number of benzene rings is 2. The Labute approximate surface area is 169 Å². The van der Waals surface area contributed by atoms with E-state index in [9.17, 15) is 9.59 Å². The van der Waals surface area contributed by atoms with Gasteiger partial charge in [-0.15, -0.1) is 0 Å². The number of aromatic nitrogens is 2. The highest BCUT2D eigenvalue weighted by atomic mass is 16.5. The lowest BCUT2D eigenvalue weighted by Crippen LogP contribution is -2.14. The number of rotatable bonds is 6. The van der Waals surface area contributed by atoms with Crippen LogP contribution in [0.1, 0.15) is 38.8 Å². The Morgan fingerprint density at radius 2 is 1.72 bits per heavy atom. The molecule has 2 N–H and O–H groups in total. The molecule has 0 radical (unpaired) electrons. The van der Waals surface area contributed by atoms with Crippen LogP contribution in [0.4, 0.5) is 17.3 Å². The summed E-state index contributed by atoms with van der Waals surface area (Å²) in [7, 11) is 0. The van der Waals surface area contributed by atoms with Crippen molar-refractivity contribution in [2.45, 2.75) is 20.8 Å². The predicted molar refractivity (Wildman–Crippen MR) is 112 cm³/mol. The van der Waals surface area contributed by atoms with Crippen molar-refractivity contribution in [3.8, 4) is 0 Å². The molecule has 0 fully saturated rings. The van der Waals surface area contributed by atoms with E-state index in [2.05, 4.69) is 20.6 Å². The molecule has 0 spiro atoms. The van der Waals surface area contributed by atoms with E-state index in [0.717, 1.165) is 16.8 Å². The molecule has 0 bridgehead atoms. The lowest BCUT2D eigenvalue weighted by atomic mass is 10.1. The van der Waals surface area contributed by atoms with Gasteiger partial charge >= 0.3 is 5.97 Å². The minimum atomic E-state index is -0.430. The molecule has 1 heterocycles. The standard InChI is InChI=1S/C22H22N4O3/c1-4-29-21(28)17-7-5-6-8-19(17)26-22-23-12-16(13-24-22)20(27)25-18-10-9-14(2)11-15(18)3/h5-13H,4H2,1-3H3,(H,25,27)(H,23,24,26). The highest BCUT2D eigenvalue weighted by Gasteiger charge is 2.14. The number of para-hydroxylation sites is 1. The number of aryl methyl sites for hydroxylation is 2. The largest absolute Gasteiger partial charge is 0.462 e. The molecule has 7 heteroatoms. The van der Waals surface area contributed by atoms with Gasteiger partial charge in [0, 0.05) is 18.1 Å². The predicted octanol–water partition coefficient (Wildman–Crippen LogP) is 4.27. The first-order chi connectivity index (χ1) is 14.0. The number of carbonyl (C=O) groups excluding carboxylic acids is 2. The molecular weight excluding hydrogens is 368 g/mol. The van der Waals surface area contributed by atoms with Crippen molar-refractivity contribution in [2.24, 2.45) is 0 Å². The SMILES string of the molecule is CCOC(=O)c1ccccc1Nc1ncc(C(=O)Nc2ccc(C)cc2C)cn1. The van der Waals surface area contributed by atoms with E-state index in [1.165, 1.54) is 12.4 Å². The second-order valence-electron chi connectivity index (χ2n) is 6.46. The van der Waals surface area contributed by atoms with Gasteiger partial charge in [-0.3, -0.25) is 4.79 Å². The maximum Gasteiger partial charge on any atom is 0.340 e. The van der Waals surface area contributed by atoms with E-state index in [0.29, 0.717) is 16.8 Å². The molecule has 0 saturated carbocycles. The summed E-state index contributed by atoms with van der Waals surface area (Å²) < 4.78 is 5.06. The van der Waals surface area contributed by atoms with Gasteiger partial charge < -0.3 is 15.4 Å². The summed E-state index contributed by atoms with van der Waals surface area (Å²) in [5.41, 5.74) is 4.09. The van der Waals surface area contributed by atoms with E-state index in [-0.39, 0.29) is 18.5 Å². The molecule has 3 rings (SSSR count). The molecule has 0 unspecified atom stereocenters. The number of anilines is 3. The van der Waals surface area contributed by atoms with Crippen molar-refractivity contribution < 1.29 is 14.3 Å². The fourth-order valence-corrected chi connectivity index (χ4v) is 2.76. The number of ether oxygens (including phenoxy) is 1. The smallest absolute Gasteiger partial charge is 0.340 e. The van der Waals surface area contributed by atoms with Gasteiger partial charge in [0.25, 0.3) is 5.91 Å². The number of nitrogens with zero attached hydrogens (tertiary/aromatic N) is 2. The van der Waals surface area contributed by atoms with Crippen LogP contribution in [0.2, 0.25) is 0 Å². The number of carbonyl (C=O) groups is 2. The van der Waals surface area contributed by atoms with Gasteiger partial charge in [0.2, 0.25) is 5.95 Å². The maximum absolute atomic E-state index is 12.5. The third kappa shape index (κ3) is 4.95. The zero-order chi connectivity index (χ0) is 20.8. The van der Waals surface area contributed by atoms with Crippen molar-refractivity contribution in [1.82, 2.24) is 9.97 Å². The normalized spacial score (nSPS) is 10.3. The summed E-state index contributed by atoms with van der Waals surface area (Å²) in [6.07, 6.45) is 2.86. The van der Waals surface area contributed by atoms with Crippen molar-refractivity contribution in [2.75, 3.05) is 17.2 Å². The Hall–Kier alpha value is -3.74. The third-order valence-electron chi connectivity index (χ3n) is 4.21. The summed E-state index contributed by atoms with van der Waals surface area (Å²) in [6.45, 7) is 5.97. The molecule has 1 amide bonds. The summed E-state index contributed by atoms with van der Waals surface area (Å²) in [6, 6.07) is 12.7. The highest BCUT2D eigenvalue weighted by molar-refractivity contribution is 6.04. The first-order valence-corrected chi connectivity index (χ1v) is 9.21. The molecule has 3 aromatic rings. The minimum Gasteiger partial charge on any atom is -0.462 e. The van der Waals surface area contributed by atoms with Crippen molar-refractivity contribution >= 4 is 29.2 Å². The quantitative estimate of drug-likeness (QED) is 0.611.